The summed E-state index contributed by atoms with van der Waals surface area (Å²) in [5.41, 5.74) is 2.12. The standard InChI is InChI=1S/C15H14BrN3S/c1-11-10-19(12-5-3-2-4-6-12)15(18-11)17-9-13-7-8-14(16)20-13/h2-8,10H,9H2,1H3,(H,17,18). The number of benzene rings is 1. The lowest BCUT2D eigenvalue weighted by atomic mass is 10.3. The molecule has 0 bridgehead atoms. The highest BCUT2D eigenvalue weighted by molar-refractivity contribution is 9.11. The Hall–Kier alpha value is -1.59. The van der Waals surface area contributed by atoms with Gasteiger partial charge in [0.15, 0.2) is 0 Å². The van der Waals surface area contributed by atoms with Crippen LogP contribution >= 0.6 is 27.3 Å². The number of aryl methyl sites for hydroxylation is 1. The van der Waals surface area contributed by atoms with Gasteiger partial charge < -0.3 is 5.32 Å². The van der Waals surface area contributed by atoms with Gasteiger partial charge in [-0.1, -0.05) is 18.2 Å². The molecule has 0 aliphatic carbocycles. The van der Waals surface area contributed by atoms with E-state index in [9.17, 15) is 0 Å². The van der Waals surface area contributed by atoms with Crippen LogP contribution in [0.4, 0.5) is 5.95 Å². The fraction of sp³-hybridized carbons (Fsp3) is 0.133. The topological polar surface area (TPSA) is 29.9 Å². The van der Waals surface area contributed by atoms with Crippen LogP contribution in [0.1, 0.15) is 10.6 Å². The largest absolute Gasteiger partial charge is 0.350 e. The maximum absolute atomic E-state index is 4.55. The number of para-hydroxylation sites is 1. The molecule has 0 aliphatic rings. The first-order valence-corrected chi connectivity index (χ1v) is 7.93. The monoisotopic (exact) mass is 347 g/mol. The van der Waals surface area contributed by atoms with Crippen molar-refractivity contribution in [1.29, 1.82) is 0 Å². The minimum absolute atomic E-state index is 0.777. The lowest BCUT2D eigenvalue weighted by Crippen LogP contribution is -2.04. The van der Waals surface area contributed by atoms with Gasteiger partial charge in [0.2, 0.25) is 5.95 Å². The number of halogens is 1. The summed E-state index contributed by atoms with van der Waals surface area (Å²) in [6, 6.07) is 14.4. The van der Waals surface area contributed by atoms with E-state index in [1.807, 2.05) is 31.3 Å². The van der Waals surface area contributed by atoms with Crippen LogP contribution in [-0.2, 0) is 6.54 Å². The van der Waals surface area contributed by atoms with E-state index in [1.54, 1.807) is 11.3 Å². The zero-order valence-corrected chi connectivity index (χ0v) is 13.4. The molecule has 0 unspecified atom stereocenters. The Bertz CT molecular complexity index is 703. The van der Waals surface area contributed by atoms with E-state index >= 15 is 0 Å². The first kappa shape index (κ1) is 13.4. The molecule has 2 aromatic heterocycles. The second kappa shape index (κ2) is 5.81. The average Bonchev–Trinajstić information content (AvgIpc) is 3.03. The van der Waals surface area contributed by atoms with E-state index in [0.717, 1.165) is 27.7 Å². The van der Waals surface area contributed by atoms with Crippen molar-refractivity contribution in [3.05, 3.63) is 63.0 Å². The lowest BCUT2D eigenvalue weighted by molar-refractivity contribution is 1.01. The molecule has 1 N–H and O–H groups in total. The summed E-state index contributed by atoms with van der Waals surface area (Å²) in [6.07, 6.45) is 2.04. The molecule has 0 radical (unpaired) electrons. The third kappa shape index (κ3) is 2.94. The van der Waals surface area contributed by atoms with Gasteiger partial charge >= 0.3 is 0 Å². The van der Waals surface area contributed by atoms with Crippen LogP contribution in [0.3, 0.4) is 0 Å². The summed E-state index contributed by atoms with van der Waals surface area (Å²) >= 11 is 5.22. The number of thiophene rings is 1. The molecule has 3 rings (SSSR count). The molecule has 3 nitrogen and oxygen atoms in total. The highest BCUT2D eigenvalue weighted by atomic mass is 79.9. The summed E-state index contributed by atoms with van der Waals surface area (Å²) in [6.45, 7) is 2.78. The van der Waals surface area contributed by atoms with Crippen LogP contribution < -0.4 is 5.32 Å². The SMILES string of the molecule is Cc1cn(-c2ccccc2)c(NCc2ccc(Br)s2)n1. The number of nitrogens with one attached hydrogen (secondary N) is 1. The van der Waals surface area contributed by atoms with Crippen LogP contribution in [-0.4, -0.2) is 9.55 Å². The van der Waals surface area contributed by atoms with Crippen LogP contribution in [0.15, 0.2) is 52.4 Å². The van der Waals surface area contributed by atoms with Crippen molar-refractivity contribution >= 4 is 33.2 Å². The number of aromatic nitrogens is 2. The Morgan fingerprint density at radius 1 is 1.20 bits per heavy atom. The Labute approximate surface area is 130 Å². The molecule has 0 atom stereocenters. The molecule has 0 amide bonds. The molecule has 2 heterocycles. The van der Waals surface area contributed by atoms with Crippen LogP contribution in [0.5, 0.6) is 0 Å². The van der Waals surface area contributed by atoms with Gasteiger partial charge in [-0.25, -0.2) is 4.98 Å². The first-order valence-electron chi connectivity index (χ1n) is 6.32. The molecule has 0 aliphatic heterocycles. The third-order valence-corrected chi connectivity index (χ3v) is 4.53. The van der Waals surface area contributed by atoms with Crippen LogP contribution in [0.25, 0.3) is 5.69 Å². The van der Waals surface area contributed by atoms with Crippen molar-refractivity contribution < 1.29 is 0 Å². The van der Waals surface area contributed by atoms with E-state index in [1.165, 1.54) is 4.88 Å². The molecule has 0 fully saturated rings. The normalized spacial score (nSPS) is 10.7. The van der Waals surface area contributed by atoms with Gasteiger partial charge in [0, 0.05) is 16.8 Å². The van der Waals surface area contributed by atoms with Crippen molar-refractivity contribution in [3.8, 4) is 5.69 Å². The number of hydrogen-bond donors (Lipinski definition) is 1. The molecule has 0 saturated carbocycles. The number of anilines is 1. The summed E-state index contributed by atoms with van der Waals surface area (Å²) < 4.78 is 3.23. The summed E-state index contributed by atoms with van der Waals surface area (Å²) in [5.74, 6) is 0.873. The van der Waals surface area contributed by atoms with Gasteiger partial charge in [-0.05, 0) is 47.1 Å². The zero-order valence-electron chi connectivity index (χ0n) is 11.0. The molecule has 1 aromatic carbocycles. The lowest BCUT2D eigenvalue weighted by Gasteiger charge is -2.08. The maximum Gasteiger partial charge on any atom is 0.208 e. The summed E-state index contributed by atoms with van der Waals surface area (Å²) in [4.78, 5) is 5.83. The molecule has 0 spiro atoms. The molecule has 5 heteroatoms. The second-order valence-electron chi connectivity index (χ2n) is 4.47. The van der Waals surface area contributed by atoms with Crippen molar-refractivity contribution in [1.82, 2.24) is 9.55 Å². The van der Waals surface area contributed by atoms with Crippen molar-refractivity contribution in [2.45, 2.75) is 13.5 Å². The minimum Gasteiger partial charge on any atom is -0.350 e. The van der Waals surface area contributed by atoms with Crippen molar-refractivity contribution in [2.75, 3.05) is 5.32 Å². The van der Waals surface area contributed by atoms with Crippen molar-refractivity contribution in [3.63, 3.8) is 0 Å². The maximum atomic E-state index is 4.55. The average molecular weight is 348 g/mol. The zero-order chi connectivity index (χ0) is 13.9. The van der Waals surface area contributed by atoms with Gasteiger partial charge in [-0.3, -0.25) is 4.57 Å². The van der Waals surface area contributed by atoms with Crippen molar-refractivity contribution in [2.24, 2.45) is 0 Å². The molecule has 3 aromatic rings. The first-order chi connectivity index (χ1) is 9.72. The molecule has 102 valence electrons. The van der Waals surface area contributed by atoms with Crippen LogP contribution in [0, 0.1) is 6.92 Å². The van der Waals surface area contributed by atoms with E-state index in [2.05, 4.69) is 55.1 Å². The Morgan fingerprint density at radius 2 is 2.00 bits per heavy atom. The molecule has 0 saturated heterocycles. The van der Waals surface area contributed by atoms with E-state index in [-0.39, 0.29) is 0 Å². The van der Waals surface area contributed by atoms with E-state index in [0.29, 0.717) is 0 Å². The molecular weight excluding hydrogens is 334 g/mol. The highest BCUT2D eigenvalue weighted by Gasteiger charge is 2.07. The Kier molecular flexibility index (Phi) is 3.89. The number of imidazole rings is 1. The fourth-order valence-electron chi connectivity index (χ4n) is 2.02. The minimum atomic E-state index is 0.777. The second-order valence-corrected chi connectivity index (χ2v) is 7.02. The predicted molar refractivity (Wildman–Crippen MR) is 87.6 cm³/mol. The van der Waals surface area contributed by atoms with E-state index in [4.69, 9.17) is 0 Å². The van der Waals surface area contributed by atoms with Gasteiger partial charge in [-0.15, -0.1) is 11.3 Å². The number of nitrogens with zero attached hydrogens (tertiary/aromatic N) is 2. The number of hydrogen-bond acceptors (Lipinski definition) is 3. The smallest absolute Gasteiger partial charge is 0.208 e. The summed E-state index contributed by atoms with van der Waals surface area (Å²) in [5, 5.41) is 3.40. The Balaban J connectivity index is 1.83. The van der Waals surface area contributed by atoms with Gasteiger partial charge in [0.05, 0.1) is 16.0 Å². The quantitative estimate of drug-likeness (QED) is 0.746. The third-order valence-electron chi connectivity index (χ3n) is 2.91. The Morgan fingerprint density at radius 3 is 2.70 bits per heavy atom. The fourth-order valence-corrected chi connectivity index (χ4v) is 3.44. The van der Waals surface area contributed by atoms with Gasteiger partial charge in [0.25, 0.3) is 0 Å². The predicted octanol–water partition coefficient (Wildman–Crippen LogP) is 4.62. The molecule has 20 heavy (non-hydrogen) atoms. The summed E-state index contributed by atoms with van der Waals surface area (Å²) in [7, 11) is 0. The van der Waals surface area contributed by atoms with Crippen LogP contribution in [0.2, 0.25) is 0 Å². The van der Waals surface area contributed by atoms with Gasteiger partial charge in [0.1, 0.15) is 0 Å². The number of rotatable bonds is 4. The molecular formula is C15H14BrN3S. The van der Waals surface area contributed by atoms with Gasteiger partial charge in [-0.2, -0.15) is 0 Å². The highest BCUT2D eigenvalue weighted by Crippen LogP contribution is 2.23. The van der Waals surface area contributed by atoms with E-state index < -0.39 is 0 Å².